The van der Waals surface area contributed by atoms with Gasteiger partial charge in [-0.2, -0.15) is 0 Å². The largest absolute Gasteiger partial charge is 0.497 e. The molecule has 0 N–H and O–H groups in total. The van der Waals surface area contributed by atoms with Crippen LogP contribution >= 0.6 is 23.5 Å². The first-order valence-corrected chi connectivity index (χ1v) is 12.2. The van der Waals surface area contributed by atoms with Crippen LogP contribution in [0.15, 0.2) is 66.3 Å². The maximum absolute atomic E-state index is 5.42. The molecule has 2 aromatic rings. The predicted octanol–water partition coefficient (Wildman–Crippen LogP) is 6.77. The molecule has 2 nitrogen and oxygen atoms in total. The first-order valence-electron chi connectivity index (χ1n) is 10.4. The number of hydrogen-bond donors (Lipinski definition) is 0. The highest BCUT2D eigenvalue weighted by molar-refractivity contribution is 8.11. The van der Waals surface area contributed by atoms with E-state index in [1.165, 1.54) is 16.0 Å². The summed E-state index contributed by atoms with van der Waals surface area (Å²) < 4.78 is 10.8. The molecule has 0 amide bonds. The molecule has 156 valence electrons. The van der Waals surface area contributed by atoms with Gasteiger partial charge in [-0.15, -0.1) is 23.5 Å². The van der Waals surface area contributed by atoms with Crippen LogP contribution in [0.5, 0.6) is 11.5 Å². The smallest absolute Gasteiger partial charge is 0.118 e. The van der Waals surface area contributed by atoms with E-state index in [0.29, 0.717) is 16.4 Å². The second-order valence-corrected chi connectivity index (χ2v) is 11.9. The number of ether oxygens (including phenoxy) is 2. The third kappa shape index (κ3) is 3.03. The molecule has 0 unspecified atom stereocenters. The Balaban J connectivity index is 1.61. The van der Waals surface area contributed by atoms with Gasteiger partial charge in [-0.25, -0.2) is 0 Å². The normalized spacial score (nSPS) is 29.4. The van der Waals surface area contributed by atoms with E-state index in [2.05, 4.69) is 105 Å². The van der Waals surface area contributed by atoms with Gasteiger partial charge in [0, 0.05) is 21.3 Å². The standard InChI is InChI=1S/C26H28O2S2/c1-25(2,3)20-14-21-23-24(20)30-26(21,17-8-12-19(28-5)13-9-17)15-22(29-23)16-6-10-18(27-4)11-7-16/h6-15,21,23-24H,1-5H3/t21-,23-,24+,26-/m0/s1. The summed E-state index contributed by atoms with van der Waals surface area (Å²) in [5.41, 5.74) is 4.48. The van der Waals surface area contributed by atoms with Crippen molar-refractivity contribution in [1.82, 2.24) is 0 Å². The molecular weight excluding hydrogens is 408 g/mol. The molecule has 2 heterocycles. The van der Waals surface area contributed by atoms with Gasteiger partial charge in [0.1, 0.15) is 11.5 Å². The van der Waals surface area contributed by atoms with Gasteiger partial charge in [-0.1, -0.05) is 56.7 Å². The molecule has 4 atom stereocenters. The van der Waals surface area contributed by atoms with Crippen LogP contribution in [-0.2, 0) is 4.75 Å². The highest BCUT2D eigenvalue weighted by atomic mass is 32.2. The molecule has 3 aliphatic rings. The molecule has 1 fully saturated rings. The van der Waals surface area contributed by atoms with E-state index in [-0.39, 0.29) is 10.2 Å². The fourth-order valence-electron chi connectivity index (χ4n) is 4.95. The van der Waals surface area contributed by atoms with Gasteiger partial charge in [-0.3, -0.25) is 0 Å². The van der Waals surface area contributed by atoms with E-state index in [1.54, 1.807) is 19.8 Å². The third-order valence-corrected chi connectivity index (χ3v) is 9.96. The van der Waals surface area contributed by atoms with E-state index in [9.17, 15) is 0 Å². The summed E-state index contributed by atoms with van der Waals surface area (Å²) in [4.78, 5) is 1.38. The minimum absolute atomic E-state index is 0.0170. The number of methoxy groups -OCH3 is 2. The molecule has 0 aromatic heterocycles. The van der Waals surface area contributed by atoms with Crippen LogP contribution in [0.4, 0.5) is 0 Å². The Bertz CT molecular complexity index is 1010. The summed E-state index contributed by atoms with van der Waals surface area (Å²) in [6.07, 6.45) is 5.13. The number of rotatable bonds is 4. The van der Waals surface area contributed by atoms with Crippen molar-refractivity contribution >= 4 is 28.4 Å². The molecule has 4 bridgehead atoms. The van der Waals surface area contributed by atoms with Crippen molar-refractivity contribution in [2.45, 2.75) is 36.0 Å². The zero-order chi connectivity index (χ0) is 21.1. The molecule has 2 aromatic carbocycles. The zero-order valence-electron chi connectivity index (χ0n) is 18.1. The van der Waals surface area contributed by atoms with Crippen molar-refractivity contribution in [1.29, 1.82) is 0 Å². The fraction of sp³-hybridized carbons (Fsp3) is 0.385. The monoisotopic (exact) mass is 436 g/mol. The van der Waals surface area contributed by atoms with Crippen molar-refractivity contribution in [3.63, 3.8) is 0 Å². The van der Waals surface area contributed by atoms with E-state index >= 15 is 0 Å². The zero-order valence-corrected chi connectivity index (χ0v) is 19.8. The lowest BCUT2D eigenvalue weighted by Crippen LogP contribution is -2.31. The summed E-state index contributed by atoms with van der Waals surface area (Å²) in [6, 6.07) is 17.2. The Labute approximate surface area is 188 Å². The second-order valence-electron chi connectivity index (χ2n) is 9.28. The maximum Gasteiger partial charge on any atom is 0.118 e. The Morgan fingerprint density at radius 1 is 0.867 bits per heavy atom. The minimum Gasteiger partial charge on any atom is -0.497 e. The molecule has 0 spiro atoms. The molecule has 1 aliphatic carbocycles. The summed E-state index contributed by atoms with van der Waals surface area (Å²) in [6.45, 7) is 7.06. The Morgan fingerprint density at radius 2 is 1.47 bits per heavy atom. The van der Waals surface area contributed by atoms with Crippen molar-refractivity contribution in [2.24, 2.45) is 11.3 Å². The van der Waals surface area contributed by atoms with Crippen molar-refractivity contribution in [3.05, 3.63) is 77.4 Å². The van der Waals surface area contributed by atoms with Gasteiger partial charge in [0.25, 0.3) is 0 Å². The van der Waals surface area contributed by atoms with Gasteiger partial charge in [0.2, 0.25) is 0 Å². The maximum atomic E-state index is 5.42. The van der Waals surface area contributed by atoms with Gasteiger partial charge in [0.15, 0.2) is 0 Å². The van der Waals surface area contributed by atoms with Crippen molar-refractivity contribution in [2.75, 3.05) is 14.2 Å². The van der Waals surface area contributed by atoms with E-state index in [1.807, 2.05) is 0 Å². The van der Waals surface area contributed by atoms with Crippen LogP contribution in [0, 0.1) is 11.3 Å². The second kappa shape index (κ2) is 7.13. The molecule has 2 aliphatic heterocycles. The summed E-state index contributed by atoms with van der Waals surface area (Å²) in [5, 5.41) is 1.13. The average molecular weight is 437 g/mol. The van der Waals surface area contributed by atoms with E-state index in [0.717, 1.165) is 11.5 Å². The molecule has 0 radical (unpaired) electrons. The van der Waals surface area contributed by atoms with Crippen LogP contribution < -0.4 is 9.47 Å². The Hall–Kier alpha value is -1.78. The van der Waals surface area contributed by atoms with Crippen molar-refractivity contribution < 1.29 is 9.47 Å². The number of benzene rings is 2. The first kappa shape index (κ1) is 20.1. The van der Waals surface area contributed by atoms with Crippen LogP contribution in [0.3, 0.4) is 0 Å². The average Bonchev–Trinajstić information content (AvgIpc) is 3.21. The number of hydrogen-bond acceptors (Lipinski definition) is 4. The van der Waals surface area contributed by atoms with E-state index < -0.39 is 0 Å². The summed E-state index contributed by atoms with van der Waals surface area (Å²) >= 11 is 4.22. The van der Waals surface area contributed by atoms with Gasteiger partial charge in [0.05, 0.1) is 19.0 Å². The highest BCUT2D eigenvalue weighted by Crippen LogP contribution is 2.70. The van der Waals surface area contributed by atoms with Crippen LogP contribution in [-0.4, -0.2) is 24.7 Å². The fourth-order valence-corrected chi connectivity index (χ4v) is 9.09. The molecular formula is C26H28O2S2. The Kier molecular flexibility index (Phi) is 4.79. The lowest BCUT2D eigenvalue weighted by molar-refractivity contribution is 0.414. The van der Waals surface area contributed by atoms with Gasteiger partial charge in [-0.05, 0) is 46.9 Å². The summed E-state index contributed by atoms with van der Waals surface area (Å²) in [7, 11) is 3.45. The number of allylic oxidation sites excluding steroid dienone is 1. The van der Waals surface area contributed by atoms with Gasteiger partial charge < -0.3 is 9.47 Å². The summed E-state index contributed by atoms with van der Waals surface area (Å²) in [5.74, 6) is 2.33. The topological polar surface area (TPSA) is 18.5 Å². The van der Waals surface area contributed by atoms with E-state index in [4.69, 9.17) is 9.47 Å². The first-order chi connectivity index (χ1) is 14.4. The van der Waals surface area contributed by atoms with Crippen LogP contribution in [0.25, 0.3) is 4.91 Å². The molecule has 30 heavy (non-hydrogen) atoms. The number of thioether (sulfide) groups is 2. The van der Waals surface area contributed by atoms with Gasteiger partial charge >= 0.3 is 0 Å². The molecule has 4 heteroatoms. The third-order valence-electron chi connectivity index (χ3n) is 6.53. The van der Waals surface area contributed by atoms with Crippen LogP contribution in [0.1, 0.15) is 31.9 Å². The molecule has 5 rings (SSSR count). The minimum atomic E-state index is -0.0170. The van der Waals surface area contributed by atoms with Crippen LogP contribution in [0.2, 0.25) is 0 Å². The lowest BCUT2D eigenvalue weighted by Gasteiger charge is -2.38. The molecule has 0 saturated carbocycles. The Morgan fingerprint density at radius 3 is 2.03 bits per heavy atom. The highest BCUT2D eigenvalue weighted by Gasteiger charge is 2.61. The predicted molar refractivity (Wildman–Crippen MR) is 129 cm³/mol. The quantitative estimate of drug-likeness (QED) is 0.492. The van der Waals surface area contributed by atoms with Crippen molar-refractivity contribution in [3.8, 4) is 11.5 Å². The SMILES string of the molecule is COc1ccc(C2=C[C@@]3(c4ccc(OC)cc4)S[C@@H]4C(C(C)(C)C)=C[C@H]3[C@@H]4S2)cc1. The molecule has 1 saturated heterocycles. The lowest BCUT2D eigenvalue weighted by atomic mass is 9.82.